The van der Waals surface area contributed by atoms with Gasteiger partial charge in [-0.1, -0.05) is 57.5 Å². The van der Waals surface area contributed by atoms with Gasteiger partial charge in [-0.15, -0.1) is 0 Å². The molecule has 0 amide bonds. The van der Waals surface area contributed by atoms with Crippen molar-refractivity contribution in [2.24, 2.45) is 0 Å². The quantitative estimate of drug-likeness (QED) is 0.542. The van der Waals surface area contributed by atoms with Crippen LogP contribution in [0.1, 0.15) is 47.1 Å². The predicted octanol–water partition coefficient (Wildman–Crippen LogP) is 6.28. The fraction of sp³-hybridized carbons (Fsp3) is 0.625. The largest absolute Gasteiger partial charge is 0.412 e. The summed E-state index contributed by atoms with van der Waals surface area (Å²) in [7, 11) is -1.89. The van der Waals surface area contributed by atoms with E-state index in [4.69, 9.17) is 4.43 Å². The Kier molecular flexibility index (Phi) is 6.42. The lowest BCUT2D eigenvalue weighted by Crippen LogP contribution is -2.47. The Hall–Kier alpha value is -0.193. The van der Waals surface area contributed by atoms with Crippen molar-refractivity contribution in [1.82, 2.24) is 0 Å². The molecule has 4 heteroatoms. The molecule has 0 fully saturated rings. The normalized spacial score (nSPS) is 12.8. The van der Waals surface area contributed by atoms with Crippen LogP contribution in [-0.2, 0) is 11.0 Å². The van der Waals surface area contributed by atoms with Crippen molar-refractivity contribution in [3.05, 3.63) is 34.1 Å². The van der Waals surface area contributed by atoms with Gasteiger partial charge in [0.25, 0.3) is 0 Å². The Balaban J connectivity index is 3.00. The minimum atomic E-state index is -1.89. The second-order valence-corrected chi connectivity index (χ2v) is 12.7. The monoisotopic (exact) mass is 360 g/mol. The minimum Gasteiger partial charge on any atom is -0.412 e. The highest BCUT2D eigenvalue weighted by molar-refractivity contribution is 9.10. The zero-order valence-electron chi connectivity index (χ0n) is 13.3. The molecular weight excluding hydrogens is 335 g/mol. The molecule has 0 unspecified atom stereocenters. The Bertz CT molecular complexity index is 424. The van der Waals surface area contributed by atoms with E-state index in [1.54, 1.807) is 12.1 Å². The first kappa shape index (κ1) is 17.9. The number of rotatable bonds is 6. The standard InChI is InChI=1S/C16H26BrFOSi/c1-11(2)20(12(3)4,13(5)6)19-10-14-9-15(18)7-8-16(14)17/h7-9,11-13H,10H2,1-6H3. The van der Waals surface area contributed by atoms with Gasteiger partial charge in [-0.25, -0.2) is 4.39 Å². The molecule has 1 rings (SSSR count). The van der Waals surface area contributed by atoms with Crippen LogP contribution >= 0.6 is 15.9 Å². The topological polar surface area (TPSA) is 9.23 Å². The van der Waals surface area contributed by atoms with Crippen molar-refractivity contribution in [2.75, 3.05) is 0 Å². The Morgan fingerprint density at radius 3 is 2.00 bits per heavy atom. The zero-order chi connectivity index (χ0) is 15.5. The van der Waals surface area contributed by atoms with Gasteiger partial charge in [0.05, 0.1) is 6.61 Å². The number of hydrogen-bond donors (Lipinski definition) is 0. The number of benzene rings is 1. The van der Waals surface area contributed by atoms with Crippen molar-refractivity contribution in [3.63, 3.8) is 0 Å². The van der Waals surface area contributed by atoms with Gasteiger partial charge >= 0.3 is 0 Å². The molecule has 0 saturated heterocycles. The molecule has 1 aromatic carbocycles. The van der Waals surface area contributed by atoms with E-state index < -0.39 is 8.32 Å². The maximum atomic E-state index is 13.4. The third-order valence-electron chi connectivity index (χ3n) is 4.19. The zero-order valence-corrected chi connectivity index (χ0v) is 15.9. The predicted molar refractivity (Wildman–Crippen MR) is 89.9 cm³/mol. The van der Waals surface area contributed by atoms with Crippen LogP contribution in [0.2, 0.25) is 16.6 Å². The second-order valence-electron chi connectivity index (χ2n) is 6.34. The summed E-state index contributed by atoms with van der Waals surface area (Å²) >= 11 is 3.48. The van der Waals surface area contributed by atoms with Gasteiger partial charge in [-0.2, -0.15) is 0 Å². The molecule has 0 aliphatic carbocycles. The van der Waals surface area contributed by atoms with Crippen LogP contribution in [0.25, 0.3) is 0 Å². The van der Waals surface area contributed by atoms with E-state index in [1.165, 1.54) is 6.07 Å². The number of hydrogen-bond acceptors (Lipinski definition) is 1. The van der Waals surface area contributed by atoms with Gasteiger partial charge in [0, 0.05) is 4.47 Å². The lowest BCUT2D eigenvalue weighted by atomic mass is 10.2. The maximum absolute atomic E-state index is 13.4. The van der Waals surface area contributed by atoms with E-state index in [2.05, 4.69) is 57.5 Å². The van der Waals surface area contributed by atoms with Gasteiger partial charge in [0.1, 0.15) is 5.82 Å². The lowest BCUT2D eigenvalue weighted by molar-refractivity contribution is 0.265. The summed E-state index contributed by atoms with van der Waals surface area (Å²) in [5, 5.41) is 0. The molecule has 0 aliphatic heterocycles. The second kappa shape index (κ2) is 7.19. The van der Waals surface area contributed by atoms with Crippen molar-refractivity contribution >= 4 is 24.2 Å². The summed E-state index contributed by atoms with van der Waals surface area (Å²) in [6, 6.07) is 4.77. The van der Waals surface area contributed by atoms with Crippen molar-refractivity contribution in [3.8, 4) is 0 Å². The van der Waals surface area contributed by atoms with Crippen molar-refractivity contribution in [2.45, 2.75) is 64.8 Å². The van der Waals surface area contributed by atoms with Crippen LogP contribution in [0, 0.1) is 5.82 Å². The van der Waals surface area contributed by atoms with E-state index in [0.29, 0.717) is 23.2 Å². The van der Waals surface area contributed by atoms with Crippen LogP contribution in [0.15, 0.2) is 22.7 Å². The first-order chi connectivity index (χ1) is 9.21. The SMILES string of the molecule is CC(C)[Si](OCc1cc(F)ccc1Br)(C(C)C)C(C)C. The highest BCUT2D eigenvalue weighted by Crippen LogP contribution is 2.43. The van der Waals surface area contributed by atoms with Crippen LogP contribution in [0.4, 0.5) is 4.39 Å². The van der Waals surface area contributed by atoms with Crippen LogP contribution in [0.5, 0.6) is 0 Å². The molecule has 0 spiro atoms. The van der Waals surface area contributed by atoms with Gasteiger partial charge in [0.15, 0.2) is 0 Å². The smallest absolute Gasteiger partial charge is 0.200 e. The summed E-state index contributed by atoms with van der Waals surface area (Å²) in [5.41, 5.74) is 2.50. The Morgan fingerprint density at radius 2 is 1.55 bits per heavy atom. The molecular formula is C16H26BrFOSi. The van der Waals surface area contributed by atoms with Crippen molar-refractivity contribution in [1.29, 1.82) is 0 Å². The van der Waals surface area contributed by atoms with Gasteiger partial charge in [-0.05, 0) is 40.4 Å². The van der Waals surface area contributed by atoms with E-state index in [0.717, 1.165) is 10.0 Å². The van der Waals surface area contributed by atoms with Gasteiger partial charge in [0.2, 0.25) is 8.32 Å². The van der Waals surface area contributed by atoms with Crippen molar-refractivity contribution < 1.29 is 8.82 Å². The fourth-order valence-electron chi connectivity index (χ4n) is 3.36. The van der Waals surface area contributed by atoms with E-state index in [1.807, 2.05) is 0 Å². The molecule has 0 saturated carbocycles. The Labute approximate surface area is 132 Å². The highest BCUT2D eigenvalue weighted by Gasteiger charge is 2.45. The van der Waals surface area contributed by atoms with Gasteiger partial charge < -0.3 is 4.43 Å². The summed E-state index contributed by atoms with van der Waals surface area (Å²) < 4.78 is 20.8. The van der Waals surface area contributed by atoms with E-state index in [-0.39, 0.29) is 5.82 Å². The summed E-state index contributed by atoms with van der Waals surface area (Å²) in [5.74, 6) is -0.210. The van der Waals surface area contributed by atoms with E-state index >= 15 is 0 Å². The van der Waals surface area contributed by atoms with Crippen LogP contribution in [-0.4, -0.2) is 8.32 Å². The lowest BCUT2D eigenvalue weighted by Gasteiger charge is -2.42. The van der Waals surface area contributed by atoms with Crippen LogP contribution < -0.4 is 0 Å². The third-order valence-corrected chi connectivity index (χ3v) is 11.0. The summed E-state index contributed by atoms with van der Waals surface area (Å²) in [6.07, 6.45) is 0. The molecule has 0 heterocycles. The highest BCUT2D eigenvalue weighted by atomic mass is 79.9. The molecule has 0 atom stereocenters. The Morgan fingerprint density at radius 1 is 1.05 bits per heavy atom. The summed E-state index contributed by atoms with van der Waals surface area (Å²) in [4.78, 5) is 0. The molecule has 0 aliphatic rings. The first-order valence-electron chi connectivity index (χ1n) is 7.29. The third kappa shape index (κ3) is 3.71. The van der Waals surface area contributed by atoms with E-state index in [9.17, 15) is 4.39 Å². The molecule has 0 N–H and O–H groups in total. The fourth-order valence-corrected chi connectivity index (χ4v) is 9.12. The molecule has 0 aromatic heterocycles. The average molecular weight is 361 g/mol. The molecule has 1 nitrogen and oxygen atoms in total. The number of halogens is 2. The van der Waals surface area contributed by atoms with Crippen LogP contribution in [0.3, 0.4) is 0 Å². The molecule has 114 valence electrons. The molecule has 1 aromatic rings. The molecule has 20 heavy (non-hydrogen) atoms. The summed E-state index contributed by atoms with van der Waals surface area (Å²) in [6.45, 7) is 14.0. The first-order valence-corrected chi connectivity index (χ1v) is 10.2. The molecule has 0 radical (unpaired) electrons. The molecule has 0 bridgehead atoms. The van der Waals surface area contributed by atoms with Gasteiger partial charge in [-0.3, -0.25) is 0 Å². The minimum absolute atomic E-state index is 0.210. The average Bonchev–Trinajstić information content (AvgIpc) is 2.32. The maximum Gasteiger partial charge on any atom is 0.200 e.